The summed E-state index contributed by atoms with van der Waals surface area (Å²) in [6, 6.07) is 14.8. The monoisotopic (exact) mass is 288 g/mol. The largest absolute Gasteiger partial charge is 0.298 e. The van der Waals surface area contributed by atoms with Gasteiger partial charge in [0, 0.05) is 11.1 Å². The third-order valence-electron chi connectivity index (χ3n) is 3.06. The maximum Gasteiger partial charge on any atom is 0.150 e. The van der Waals surface area contributed by atoms with Gasteiger partial charge in [0.25, 0.3) is 0 Å². The third kappa shape index (κ3) is 4.84. The molecule has 0 saturated carbocycles. The Morgan fingerprint density at radius 1 is 0.455 bits per heavy atom. The zero-order chi connectivity index (χ0) is 15.6. The topological polar surface area (TPSA) is 34.1 Å². The summed E-state index contributed by atoms with van der Waals surface area (Å²) in [6.45, 7) is 0. The lowest BCUT2D eigenvalue weighted by Gasteiger charge is -1.93. The van der Waals surface area contributed by atoms with Gasteiger partial charge in [-0.1, -0.05) is 85.0 Å². The van der Waals surface area contributed by atoms with Gasteiger partial charge in [0.05, 0.1) is 0 Å². The van der Waals surface area contributed by atoms with Crippen molar-refractivity contribution in [3.8, 4) is 0 Å². The average molecular weight is 288 g/mol. The van der Waals surface area contributed by atoms with E-state index in [1.54, 1.807) is 24.3 Å². The summed E-state index contributed by atoms with van der Waals surface area (Å²) >= 11 is 0. The van der Waals surface area contributed by atoms with Crippen molar-refractivity contribution < 1.29 is 9.59 Å². The Kier molecular flexibility index (Phi) is 5.82. The standard InChI is InChI=1S/C20H16O2/c21-15-19-11-7-17(8-12-19)5-3-1-2-4-6-18-9-13-20(16-22)14-10-18/h1-16H/b2-1+,5-3+,6-4+. The number of benzene rings is 2. The molecule has 0 N–H and O–H groups in total. The van der Waals surface area contributed by atoms with E-state index in [1.807, 2.05) is 60.7 Å². The summed E-state index contributed by atoms with van der Waals surface area (Å²) in [7, 11) is 0. The van der Waals surface area contributed by atoms with Gasteiger partial charge in [-0.25, -0.2) is 0 Å². The van der Waals surface area contributed by atoms with Crippen molar-refractivity contribution in [3.05, 3.63) is 95.1 Å². The van der Waals surface area contributed by atoms with E-state index in [4.69, 9.17) is 0 Å². The predicted molar refractivity (Wildman–Crippen MR) is 90.9 cm³/mol. The predicted octanol–water partition coefficient (Wildman–Crippen LogP) is 4.59. The van der Waals surface area contributed by atoms with E-state index in [9.17, 15) is 9.59 Å². The number of rotatable bonds is 6. The Morgan fingerprint density at radius 3 is 1.09 bits per heavy atom. The molecule has 0 unspecified atom stereocenters. The Morgan fingerprint density at radius 2 is 0.773 bits per heavy atom. The Balaban J connectivity index is 1.88. The summed E-state index contributed by atoms with van der Waals surface area (Å²) in [5, 5.41) is 0. The molecule has 0 atom stereocenters. The number of carbonyl (C=O) groups excluding carboxylic acids is 2. The Labute approximate surface area is 130 Å². The van der Waals surface area contributed by atoms with E-state index in [0.29, 0.717) is 11.1 Å². The number of aldehydes is 2. The average Bonchev–Trinajstić information content (AvgIpc) is 2.59. The van der Waals surface area contributed by atoms with Gasteiger partial charge in [0.15, 0.2) is 0 Å². The highest BCUT2D eigenvalue weighted by atomic mass is 16.1. The zero-order valence-corrected chi connectivity index (χ0v) is 12.1. The minimum Gasteiger partial charge on any atom is -0.298 e. The molecule has 108 valence electrons. The lowest BCUT2D eigenvalue weighted by molar-refractivity contribution is 0.111. The van der Waals surface area contributed by atoms with Crippen molar-refractivity contribution in [1.82, 2.24) is 0 Å². The fraction of sp³-hybridized carbons (Fsp3) is 0. The molecule has 0 aliphatic carbocycles. The lowest BCUT2D eigenvalue weighted by atomic mass is 10.1. The Bertz CT molecular complexity index is 639. The van der Waals surface area contributed by atoms with Crippen molar-refractivity contribution in [2.24, 2.45) is 0 Å². The fourth-order valence-corrected chi connectivity index (χ4v) is 1.83. The first-order valence-corrected chi connectivity index (χ1v) is 6.94. The lowest BCUT2D eigenvalue weighted by Crippen LogP contribution is -1.78. The van der Waals surface area contributed by atoms with E-state index in [2.05, 4.69) is 0 Å². The van der Waals surface area contributed by atoms with Crippen molar-refractivity contribution in [1.29, 1.82) is 0 Å². The molecule has 0 fully saturated rings. The molecule has 0 aliphatic rings. The van der Waals surface area contributed by atoms with E-state index in [-0.39, 0.29) is 0 Å². The molecule has 2 rings (SSSR count). The van der Waals surface area contributed by atoms with Gasteiger partial charge < -0.3 is 0 Å². The van der Waals surface area contributed by atoms with Crippen LogP contribution in [0.4, 0.5) is 0 Å². The zero-order valence-electron chi connectivity index (χ0n) is 12.1. The van der Waals surface area contributed by atoms with Crippen molar-refractivity contribution in [2.45, 2.75) is 0 Å². The van der Waals surface area contributed by atoms with Gasteiger partial charge in [0.2, 0.25) is 0 Å². The summed E-state index contributed by atoms with van der Waals surface area (Å²) in [6.07, 6.45) is 13.4. The first kappa shape index (κ1) is 15.4. The molecule has 2 aromatic rings. The minimum absolute atomic E-state index is 0.677. The van der Waals surface area contributed by atoms with Crippen LogP contribution in [0.5, 0.6) is 0 Å². The quantitative estimate of drug-likeness (QED) is 0.575. The van der Waals surface area contributed by atoms with Crippen molar-refractivity contribution in [2.75, 3.05) is 0 Å². The van der Waals surface area contributed by atoms with Crippen LogP contribution in [0.3, 0.4) is 0 Å². The van der Waals surface area contributed by atoms with E-state index >= 15 is 0 Å². The van der Waals surface area contributed by atoms with Gasteiger partial charge in [-0.05, 0) is 11.1 Å². The molecule has 0 bridgehead atoms. The number of carbonyl (C=O) groups is 2. The van der Waals surface area contributed by atoms with Crippen molar-refractivity contribution >= 4 is 24.7 Å². The highest BCUT2D eigenvalue weighted by molar-refractivity contribution is 5.75. The smallest absolute Gasteiger partial charge is 0.150 e. The highest BCUT2D eigenvalue weighted by Crippen LogP contribution is 2.06. The van der Waals surface area contributed by atoms with Gasteiger partial charge in [-0.3, -0.25) is 9.59 Å². The maximum atomic E-state index is 10.5. The van der Waals surface area contributed by atoms with Crippen LogP contribution in [0.2, 0.25) is 0 Å². The number of allylic oxidation sites excluding steroid dienone is 4. The molecular formula is C20H16O2. The number of hydrogen-bond donors (Lipinski definition) is 0. The van der Waals surface area contributed by atoms with Crippen LogP contribution in [0.15, 0.2) is 72.8 Å². The Hall–Kier alpha value is -3.00. The van der Waals surface area contributed by atoms with Gasteiger partial charge in [-0.15, -0.1) is 0 Å². The van der Waals surface area contributed by atoms with Crippen LogP contribution in [0.25, 0.3) is 12.2 Å². The second kappa shape index (κ2) is 8.32. The van der Waals surface area contributed by atoms with Gasteiger partial charge in [0.1, 0.15) is 12.6 Å². The van der Waals surface area contributed by atoms with Gasteiger partial charge >= 0.3 is 0 Å². The van der Waals surface area contributed by atoms with Crippen LogP contribution < -0.4 is 0 Å². The summed E-state index contributed by atoms with van der Waals surface area (Å²) in [5.41, 5.74) is 3.44. The molecule has 0 saturated heterocycles. The van der Waals surface area contributed by atoms with Crippen LogP contribution in [0, 0.1) is 0 Å². The molecule has 2 nitrogen and oxygen atoms in total. The number of hydrogen-bond acceptors (Lipinski definition) is 2. The summed E-state index contributed by atoms with van der Waals surface area (Å²) < 4.78 is 0. The second-order valence-corrected chi connectivity index (χ2v) is 4.67. The van der Waals surface area contributed by atoms with Crippen LogP contribution >= 0.6 is 0 Å². The van der Waals surface area contributed by atoms with Crippen molar-refractivity contribution in [3.63, 3.8) is 0 Å². The summed E-state index contributed by atoms with van der Waals surface area (Å²) in [5.74, 6) is 0. The molecule has 22 heavy (non-hydrogen) atoms. The molecule has 2 heteroatoms. The van der Waals surface area contributed by atoms with Crippen LogP contribution in [-0.2, 0) is 0 Å². The third-order valence-corrected chi connectivity index (χ3v) is 3.06. The molecule has 0 spiro atoms. The van der Waals surface area contributed by atoms with E-state index < -0.39 is 0 Å². The normalized spacial score (nSPS) is 11.5. The van der Waals surface area contributed by atoms with Crippen LogP contribution in [-0.4, -0.2) is 12.6 Å². The molecule has 0 heterocycles. The fourth-order valence-electron chi connectivity index (χ4n) is 1.83. The van der Waals surface area contributed by atoms with Gasteiger partial charge in [-0.2, -0.15) is 0 Å². The molecule has 0 amide bonds. The van der Waals surface area contributed by atoms with Crippen LogP contribution in [0.1, 0.15) is 31.8 Å². The minimum atomic E-state index is 0.677. The molecule has 0 radical (unpaired) electrons. The molecular weight excluding hydrogens is 272 g/mol. The first-order valence-electron chi connectivity index (χ1n) is 6.94. The summed E-state index contributed by atoms with van der Waals surface area (Å²) in [4.78, 5) is 21.1. The molecule has 0 aromatic heterocycles. The molecule has 2 aromatic carbocycles. The van der Waals surface area contributed by atoms with E-state index in [1.165, 1.54) is 0 Å². The van der Waals surface area contributed by atoms with E-state index in [0.717, 1.165) is 23.7 Å². The SMILES string of the molecule is O=Cc1ccc(/C=C/C=C/C=C/c2ccc(C=O)cc2)cc1. The highest BCUT2D eigenvalue weighted by Gasteiger charge is 1.89. The second-order valence-electron chi connectivity index (χ2n) is 4.67. The first-order chi connectivity index (χ1) is 10.8. The maximum absolute atomic E-state index is 10.5. The molecule has 0 aliphatic heterocycles.